The van der Waals surface area contributed by atoms with Gasteiger partial charge < -0.3 is 9.38 Å². The maximum absolute atomic E-state index is 3.68. The molecule has 0 aliphatic heterocycles. The van der Waals surface area contributed by atoms with Gasteiger partial charge in [0.2, 0.25) is 0 Å². The van der Waals surface area contributed by atoms with Crippen LogP contribution in [0.2, 0.25) is 0 Å². The van der Waals surface area contributed by atoms with Gasteiger partial charge in [-0.15, -0.1) is 11.3 Å². The van der Waals surface area contributed by atoms with E-state index in [-0.39, 0.29) is 0 Å². The normalized spacial score (nSPS) is 12.5. The highest BCUT2D eigenvalue weighted by Gasteiger charge is 2.20. The third-order valence-electron chi connectivity index (χ3n) is 10.8. The van der Waals surface area contributed by atoms with E-state index >= 15 is 0 Å². The predicted molar refractivity (Wildman–Crippen MR) is 212 cm³/mol. The minimum absolute atomic E-state index is 1.17. The van der Waals surface area contributed by atoms with Gasteiger partial charge in [0.05, 0.1) is 16.6 Å². The summed E-state index contributed by atoms with van der Waals surface area (Å²) < 4.78 is 5.19. The molecule has 0 saturated carbocycles. The number of fused-ring (bicyclic) bond motifs is 14. The molecule has 0 amide bonds. The first-order valence-electron chi connectivity index (χ1n) is 16.8. The number of aromatic amines is 1. The maximum Gasteiger partial charge on any atom is 0.0620 e. The second-order valence-corrected chi connectivity index (χ2v) is 14.4. The highest BCUT2D eigenvalue weighted by molar-refractivity contribution is 7.26. The zero-order valence-electron chi connectivity index (χ0n) is 26.3. The van der Waals surface area contributed by atoms with Gasteiger partial charge in [-0.2, -0.15) is 0 Å². The number of aromatic nitrogens is 2. The molecule has 0 aliphatic rings. The van der Waals surface area contributed by atoms with E-state index in [9.17, 15) is 0 Å². The molecule has 0 saturated heterocycles. The van der Waals surface area contributed by atoms with Crippen molar-refractivity contribution in [3.05, 3.63) is 152 Å². The molecule has 1 N–H and O–H groups in total. The SMILES string of the molecule is c1ccc2c(c1)ccc1[nH]c3ccc(-c4cc5c6ccccc6n6c7cc(-c8cccc9c8sc8ccccc89)ccc7c(c4)c56)cc3c12. The van der Waals surface area contributed by atoms with E-state index in [1.54, 1.807) is 0 Å². The van der Waals surface area contributed by atoms with E-state index in [2.05, 4.69) is 161 Å². The molecule has 12 aromatic rings. The Balaban J connectivity index is 1.13. The number of hydrogen-bond acceptors (Lipinski definition) is 1. The van der Waals surface area contributed by atoms with Crippen LogP contribution in [-0.2, 0) is 0 Å². The number of rotatable bonds is 2. The molecule has 0 fully saturated rings. The molecule has 8 aromatic carbocycles. The average Bonchev–Trinajstić information content (AvgIpc) is 3.91. The van der Waals surface area contributed by atoms with Crippen LogP contribution in [0.1, 0.15) is 0 Å². The first-order valence-corrected chi connectivity index (χ1v) is 17.7. The zero-order chi connectivity index (χ0) is 31.8. The minimum atomic E-state index is 1.17. The van der Waals surface area contributed by atoms with E-state index in [1.165, 1.54) is 113 Å². The van der Waals surface area contributed by atoms with Crippen LogP contribution < -0.4 is 0 Å². The molecule has 0 radical (unpaired) electrons. The van der Waals surface area contributed by atoms with Crippen molar-refractivity contribution in [1.29, 1.82) is 0 Å². The first-order chi connectivity index (χ1) is 24.3. The van der Waals surface area contributed by atoms with Gasteiger partial charge in [0.25, 0.3) is 0 Å². The number of nitrogens with one attached hydrogen (secondary N) is 1. The molecule has 0 aliphatic carbocycles. The summed E-state index contributed by atoms with van der Waals surface area (Å²) >= 11 is 1.90. The number of para-hydroxylation sites is 1. The van der Waals surface area contributed by atoms with Gasteiger partial charge >= 0.3 is 0 Å². The molecule has 0 spiro atoms. The van der Waals surface area contributed by atoms with Crippen molar-refractivity contribution in [2.75, 3.05) is 0 Å². The average molecular weight is 639 g/mol. The van der Waals surface area contributed by atoms with Gasteiger partial charge in [-0.25, -0.2) is 0 Å². The summed E-state index contributed by atoms with van der Waals surface area (Å²) in [6, 6.07) is 56.4. The van der Waals surface area contributed by atoms with Gasteiger partial charge in [0, 0.05) is 63.5 Å². The Morgan fingerprint density at radius 1 is 0.429 bits per heavy atom. The largest absolute Gasteiger partial charge is 0.354 e. The van der Waals surface area contributed by atoms with Crippen molar-refractivity contribution in [1.82, 2.24) is 9.38 Å². The molecule has 49 heavy (non-hydrogen) atoms. The lowest BCUT2D eigenvalue weighted by molar-refractivity contribution is 1.37. The molecule has 0 bridgehead atoms. The van der Waals surface area contributed by atoms with Crippen LogP contribution in [0.5, 0.6) is 0 Å². The Hall–Kier alpha value is -6.16. The van der Waals surface area contributed by atoms with Crippen LogP contribution >= 0.6 is 11.3 Å². The molecule has 2 nitrogen and oxygen atoms in total. The first kappa shape index (κ1) is 25.9. The number of thiophene rings is 1. The molecule has 12 rings (SSSR count). The molecular weight excluding hydrogens is 613 g/mol. The fourth-order valence-electron chi connectivity index (χ4n) is 8.66. The molecule has 3 heteroatoms. The molecule has 4 heterocycles. The Morgan fingerprint density at radius 3 is 2.06 bits per heavy atom. The van der Waals surface area contributed by atoms with E-state index in [1.807, 2.05) is 11.3 Å². The minimum Gasteiger partial charge on any atom is -0.354 e. The molecule has 0 atom stereocenters. The lowest BCUT2D eigenvalue weighted by Gasteiger charge is -2.07. The van der Waals surface area contributed by atoms with Crippen LogP contribution in [0, 0.1) is 0 Å². The number of H-pyrrole nitrogens is 1. The molecule has 226 valence electrons. The van der Waals surface area contributed by atoms with Crippen molar-refractivity contribution in [3.8, 4) is 22.3 Å². The summed E-state index contributed by atoms with van der Waals surface area (Å²) in [5.74, 6) is 0. The molecule has 0 unspecified atom stereocenters. The van der Waals surface area contributed by atoms with Crippen LogP contribution in [0.25, 0.3) is 113 Å². The highest BCUT2D eigenvalue weighted by atomic mass is 32.1. The monoisotopic (exact) mass is 638 g/mol. The van der Waals surface area contributed by atoms with Crippen molar-refractivity contribution >= 4 is 102 Å². The second kappa shape index (κ2) is 9.25. The summed E-state index contributed by atoms with van der Waals surface area (Å²) in [5.41, 5.74) is 11.2. The third-order valence-corrected chi connectivity index (χ3v) is 12.1. The highest BCUT2D eigenvalue weighted by Crippen LogP contribution is 2.45. The molecule has 4 aromatic heterocycles. The van der Waals surface area contributed by atoms with Gasteiger partial charge in [-0.3, -0.25) is 0 Å². The van der Waals surface area contributed by atoms with E-state index < -0.39 is 0 Å². The summed E-state index contributed by atoms with van der Waals surface area (Å²) in [6.07, 6.45) is 0. The third kappa shape index (κ3) is 3.40. The van der Waals surface area contributed by atoms with E-state index in [0.29, 0.717) is 0 Å². The Morgan fingerprint density at radius 2 is 1.14 bits per heavy atom. The van der Waals surface area contributed by atoms with E-state index in [4.69, 9.17) is 0 Å². The smallest absolute Gasteiger partial charge is 0.0620 e. The number of nitrogens with zero attached hydrogens (tertiary/aromatic N) is 1. The Bertz CT molecular complexity index is 3340. The quantitative estimate of drug-likeness (QED) is 0.194. The number of hydrogen-bond donors (Lipinski definition) is 1. The second-order valence-electron chi connectivity index (χ2n) is 13.4. The van der Waals surface area contributed by atoms with Crippen molar-refractivity contribution in [3.63, 3.8) is 0 Å². The van der Waals surface area contributed by atoms with Crippen molar-refractivity contribution in [2.24, 2.45) is 0 Å². The number of benzene rings is 8. The van der Waals surface area contributed by atoms with Gasteiger partial charge in [-0.05, 0) is 81.6 Å². The van der Waals surface area contributed by atoms with Crippen molar-refractivity contribution in [2.45, 2.75) is 0 Å². The molecular formula is C46H26N2S. The summed E-state index contributed by atoms with van der Waals surface area (Å²) in [7, 11) is 0. The van der Waals surface area contributed by atoms with Crippen molar-refractivity contribution < 1.29 is 0 Å². The van der Waals surface area contributed by atoms with Gasteiger partial charge in [-0.1, -0.05) is 103 Å². The van der Waals surface area contributed by atoms with Crippen LogP contribution in [-0.4, -0.2) is 9.38 Å². The maximum atomic E-state index is 3.68. The van der Waals surface area contributed by atoms with Crippen LogP contribution in [0.4, 0.5) is 0 Å². The Kier molecular flexibility index (Phi) is 4.89. The topological polar surface area (TPSA) is 20.2 Å². The zero-order valence-corrected chi connectivity index (χ0v) is 27.1. The summed E-state index contributed by atoms with van der Waals surface area (Å²) in [5, 5.41) is 13.0. The van der Waals surface area contributed by atoms with Gasteiger partial charge in [0.15, 0.2) is 0 Å². The standard InChI is InChI=1S/C46H26N2S/c1-2-9-30-26(8-1)17-21-40-44(30)38-22-27(18-20-39(38)47-40)29-23-36-32-10-3-5-14-41(32)48-42-25-28(16-19-33(42)37(24-29)45(36)48)31-12-7-13-35-34-11-4-6-15-43(34)49-46(31)35/h1-25,47H. The summed E-state index contributed by atoms with van der Waals surface area (Å²) in [4.78, 5) is 3.68. The fourth-order valence-corrected chi connectivity index (χ4v) is 9.90. The Labute approximate surface area is 284 Å². The fraction of sp³-hybridized carbons (Fsp3) is 0. The lowest BCUT2D eigenvalue weighted by atomic mass is 9.96. The summed E-state index contributed by atoms with van der Waals surface area (Å²) in [6.45, 7) is 0. The lowest BCUT2D eigenvalue weighted by Crippen LogP contribution is -1.83. The van der Waals surface area contributed by atoms with E-state index in [0.717, 1.165) is 0 Å². The van der Waals surface area contributed by atoms with Crippen LogP contribution in [0.3, 0.4) is 0 Å². The van der Waals surface area contributed by atoms with Gasteiger partial charge in [0.1, 0.15) is 0 Å². The van der Waals surface area contributed by atoms with Crippen LogP contribution in [0.15, 0.2) is 152 Å². The predicted octanol–water partition coefficient (Wildman–Crippen LogP) is 13.3.